The molecule has 5 aliphatic rings. The fraction of sp³-hybridized carbons (Fsp3) is 0.727. The minimum atomic E-state index is -0.858. The predicted molar refractivity (Wildman–Crippen MR) is 151 cm³/mol. The number of rotatable bonds is 4. The highest BCUT2D eigenvalue weighted by Crippen LogP contribution is 2.63. The molecule has 0 unspecified atom stereocenters. The van der Waals surface area contributed by atoms with E-state index in [1.807, 2.05) is 6.07 Å². The number of aryl methyl sites for hydroxylation is 1. The van der Waals surface area contributed by atoms with Crippen LogP contribution in [0.2, 0.25) is 0 Å². The van der Waals surface area contributed by atoms with Crippen LogP contribution >= 0.6 is 0 Å². The van der Waals surface area contributed by atoms with Crippen LogP contribution in [0.1, 0.15) is 131 Å². The van der Waals surface area contributed by atoms with Gasteiger partial charge in [-0.1, -0.05) is 51.5 Å². The molecule has 1 aromatic rings. The molecule has 6 rings (SSSR count). The molecule has 5 atom stereocenters. The maximum absolute atomic E-state index is 14.5. The molecule has 5 aliphatic carbocycles. The third kappa shape index (κ3) is 4.91. The largest absolute Gasteiger partial charge is 0.478 e. The molecule has 0 aromatic heterocycles. The lowest BCUT2D eigenvalue weighted by molar-refractivity contribution is -0.140. The number of hydrogen-bond donors (Lipinski definition) is 2. The molecule has 0 radical (unpaired) electrons. The first-order valence-corrected chi connectivity index (χ1v) is 15.9. The van der Waals surface area contributed by atoms with E-state index < -0.39 is 5.97 Å². The van der Waals surface area contributed by atoms with Crippen molar-refractivity contribution >= 4 is 17.9 Å². The van der Waals surface area contributed by atoms with Gasteiger partial charge in [0.1, 0.15) is 0 Å². The van der Waals surface area contributed by atoms with Gasteiger partial charge in [-0.25, -0.2) is 9.59 Å². The average Bonchev–Trinajstić information content (AvgIpc) is 3.31. The number of carbonyl (C=O) groups excluding carboxylic acids is 2. The summed E-state index contributed by atoms with van der Waals surface area (Å²) in [4.78, 5) is 41.5. The molecule has 3 amide bonds. The third-order valence-electron chi connectivity index (χ3n) is 11.6. The number of amides is 3. The van der Waals surface area contributed by atoms with Crippen LogP contribution in [-0.4, -0.2) is 40.0 Å². The van der Waals surface area contributed by atoms with Gasteiger partial charge in [0.2, 0.25) is 5.91 Å². The Morgan fingerprint density at radius 1 is 0.897 bits per heavy atom. The smallest absolute Gasteiger partial charge is 0.335 e. The second-order valence-corrected chi connectivity index (χ2v) is 13.6. The summed E-state index contributed by atoms with van der Waals surface area (Å²) in [6, 6.07) is 5.84. The maximum Gasteiger partial charge on any atom is 0.335 e. The minimum Gasteiger partial charge on any atom is -0.478 e. The van der Waals surface area contributed by atoms with Crippen molar-refractivity contribution in [3.05, 3.63) is 34.9 Å². The van der Waals surface area contributed by atoms with E-state index in [1.54, 1.807) is 11.0 Å². The summed E-state index contributed by atoms with van der Waals surface area (Å²) in [7, 11) is 0. The Morgan fingerprint density at radius 3 is 2.33 bits per heavy atom. The van der Waals surface area contributed by atoms with Gasteiger partial charge < -0.3 is 10.4 Å². The second kappa shape index (κ2) is 10.9. The van der Waals surface area contributed by atoms with Gasteiger partial charge in [0.15, 0.2) is 0 Å². The minimum absolute atomic E-state index is 0.0406. The highest BCUT2D eigenvalue weighted by atomic mass is 16.4. The monoisotopic (exact) mass is 534 g/mol. The summed E-state index contributed by atoms with van der Waals surface area (Å²) in [6.45, 7) is 2.35. The molecule has 0 bridgehead atoms. The lowest BCUT2D eigenvalue weighted by atomic mass is 9.54. The van der Waals surface area contributed by atoms with Crippen LogP contribution in [-0.2, 0) is 11.2 Å². The van der Waals surface area contributed by atoms with Crippen molar-refractivity contribution in [1.29, 1.82) is 0 Å². The highest BCUT2D eigenvalue weighted by molar-refractivity contribution is 5.96. The standard InChI is InChI=1S/C33H46N2O4/c1-33-19-18-26-25-14-13-22(31(37)38)20-21(25)12-15-27(26)28(33)16-17-29(33)30(36)35(24-10-6-3-7-11-24)32(39)34-23-8-4-2-5-9-23/h13-14,20,23-24,26-29H,2-12,15-19H2,1H3,(H,34,39)(H,37,38)/t26-,27-,28+,29-,33+/m1/s1. The number of carboxylic acids is 1. The van der Waals surface area contributed by atoms with Crippen molar-refractivity contribution in [2.45, 2.75) is 128 Å². The van der Waals surface area contributed by atoms with E-state index in [-0.39, 0.29) is 35.4 Å². The van der Waals surface area contributed by atoms with E-state index in [9.17, 15) is 19.5 Å². The molecule has 0 aliphatic heterocycles. The molecular weight excluding hydrogens is 488 g/mol. The lowest BCUT2D eigenvalue weighted by Crippen LogP contribution is -2.56. The van der Waals surface area contributed by atoms with E-state index in [0.29, 0.717) is 23.3 Å². The summed E-state index contributed by atoms with van der Waals surface area (Å²) in [5.74, 6) is 0.617. The Balaban J connectivity index is 1.22. The van der Waals surface area contributed by atoms with Gasteiger partial charge in [0.05, 0.1) is 5.56 Å². The van der Waals surface area contributed by atoms with E-state index in [4.69, 9.17) is 0 Å². The molecule has 1 aromatic carbocycles. The van der Waals surface area contributed by atoms with Gasteiger partial charge in [-0.2, -0.15) is 0 Å². The first kappa shape index (κ1) is 26.8. The van der Waals surface area contributed by atoms with Crippen molar-refractivity contribution in [2.75, 3.05) is 0 Å². The Hall–Kier alpha value is -2.37. The number of aromatic carboxylic acids is 1. The van der Waals surface area contributed by atoms with Crippen LogP contribution in [0.15, 0.2) is 18.2 Å². The molecular formula is C33H46N2O4. The van der Waals surface area contributed by atoms with E-state index in [1.165, 1.54) is 24.0 Å². The summed E-state index contributed by atoms with van der Waals surface area (Å²) in [5, 5.41) is 12.8. The number of nitrogens with zero attached hydrogens (tertiary/aromatic N) is 1. The van der Waals surface area contributed by atoms with E-state index in [0.717, 1.165) is 89.9 Å². The van der Waals surface area contributed by atoms with Crippen molar-refractivity contribution in [1.82, 2.24) is 10.2 Å². The van der Waals surface area contributed by atoms with Gasteiger partial charge in [-0.05, 0) is 111 Å². The zero-order chi connectivity index (χ0) is 27.1. The Labute approximate surface area is 233 Å². The predicted octanol–water partition coefficient (Wildman–Crippen LogP) is 7.06. The van der Waals surface area contributed by atoms with Crippen LogP contribution in [0.5, 0.6) is 0 Å². The number of carboxylic acid groups (broad SMARTS) is 1. The third-order valence-corrected chi connectivity index (χ3v) is 11.6. The molecule has 212 valence electrons. The lowest BCUT2D eigenvalue weighted by Gasteiger charge is -2.51. The number of urea groups is 1. The molecule has 6 nitrogen and oxygen atoms in total. The number of hydrogen-bond acceptors (Lipinski definition) is 3. The van der Waals surface area contributed by atoms with Crippen LogP contribution < -0.4 is 5.32 Å². The van der Waals surface area contributed by atoms with Crippen molar-refractivity contribution in [2.24, 2.45) is 23.2 Å². The topological polar surface area (TPSA) is 86.7 Å². The van der Waals surface area contributed by atoms with Crippen LogP contribution in [0.25, 0.3) is 0 Å². The second-order valence-electron chi connectivity index (χ2n) is 13.6. The number of benzene rings is 1. The Bertz CT molecular complexity index is 1100. The molecule has 4 saturated carbocycles. The van der Waals surface area contributed by atoms with Gasteiger partial charge in [0, 0.05) is 18.0 Å². The van der Waals surface area contributed by atoms with Gasteiger partial charge in [0.25, 0.3) is 0 Å². The molecule has 0 saturated heterocycles. The molecule has 0 heterocycles. The van der Waals surface area contributed by atoms with E-state index >= 15 is 0 Å². The van der Waals surface area contributed by atoms with Crippen molar-refractivity contribution < 1.29 is 19.5 Å². The number of imide groups is 1. The average molecular weight is 535 g/mol. The first-order chi connectivity index (χ1) is 18.9. The number of nitrogens with one attached hydrogen (secondary N) is 1. The summed E-state index contributed by atoms with van der Waals surface area (Å²) in [6.07, 6.45) is 16.9. The molecule has 4 fully saturated rings. The van der Waals surface area contributed by atoms with Crippen LogP contribution in [0.3, 0.4) is 0 Å². The number of fused-ring (bicyclic) bond motifs is 5. The summed E-state index contributed by atoms with van der Waals surface area (Å²) >= 11 is 0. The molecule has 6 heteroatoms. The zero-order valence-corrected chi connectivity index (χ0v) is 23.6. The quantitative estimate of drug-likeness (QED) is 0.433. The van der Waals surface area contributed by atoms with Crippen LogP contribution in [0, 0.1) is 23.2 Å². The van der Waals surface area contributed by atoms with Gasteiger partial charge >= 0.3 is 12.0 Å². The van der Waals surface area contributed by atoms with E-state index in [2.05, 4.69) is 18.3 Å². The van der Waals surface area contributed by atoms with Gasteiger partial charge in [-0.15, -0.1) is 0 Å². The van der Waals surface area contributed by atoms with Gasteiger partial charge in [-0.3, -0.25) is 9.69 Å². The fourth-order valence-electron chi connectivity index (χ4n) is 9.57. The maximum atomic E-state index is 14.5. The molecule has 0 spiro atoms. The molecule has 39 heavy (non-hydrogen) atoms. The summed E-state index contributed by atoms with van der Waals surface area (Å²) < 4.78 is 0. The Morgan fingerprint density at radius 2 is 1.62 bits per heavy atom. The fourth-order valence-corrected chi connectivity index (χ4v) is 9.57. The zero-order valence-electron chi connectivity index (χ0n) is 23.6. The molecule has 2 N–H and O–H groups in total. The first-order valence-electron chi connectivity index (χ1n) is 15.9. The highest BCUT2D eigenvalue weighted by Gasteiger charge is 2.58. The number of carbonyl (C=O) groups is 3. The van der Waals surface area contributed by atoms with Crippen molar-refractivity contribution in [3.8, 4) is 0 Å². The SMILES string of the molecule is C[C@]12CC[C@@H]3c4ccc(C(=O)O)cc4CC[C@H]3[C@@H]1CC[C@@H]2C(=O)N(C(=O)NC1CCCCC1)C1CCCCC1. The normalized spacial score (nSPS) is 32.9. The Kier molecular flexibility index (Phi) is 7.49. The van der Waals surface area contributed by atoms with Crippen LogP contribution in [0.4, 0.5) is 4.79 Å². The van der Waals surface area contributed by atoms with Crippen molar-refractivity contribution in [3.63, 3.8) is 0 Å². The summed E-state index contributed by atoms with van der Waals surface area (Å²) in [5.41, 5.74) is 2.85.